The normalized spacial score (nSPS) is 20.3. The summed E-state index contributed by atoms with van der Waals surface area (Å²) >= 11 is 0. The second-order valence-electron chi connectivity index (χ2n) is 8.58. The van der Waals surface area contributed by atoms with Crippen molar-refractivity contribution in [3.63, 3.8) is 0 Å². The molecule has 0 saturated carbocycles. The van der Waals surface area contributed by atoms with E-state index in [-0.39, 0.29) is 11.8 Å². The Hall–Kier alpha value is -2.66. The molecule has 1 heterocycles. The summed E-state index contributed by atoms with van der Waals surface area (Å²) in [6.45, 7) is 8.17. The van der Waals surface area contributed by atoms with E-state index in [4.69, 9.17) is 0 Å². The molecule has 1 saturated heterocycles. The van der Waals surface area contributed by atoms with Gasteiger partial charge in [-0.25, -0.2) is 0 Å². The summed E-state index contributed by atoms with van der Waals surface area (Å²) in [5.74, 6) is 1.02. The zero-order chi connectivity index (χ0) is 21.3. The summed E-state index contributed by atoms with van der Waals surface area (Å²) in [6, 6.07) is 18.2. The van der Waals surface area contributed by atoms with Crippen molar-refractivity contribution in [2.75, 3.05) is 26.2 Å². The second kappa shape index (κ2) is 10.9. The zero-order valence-electron chi connectivity index (χ0n) is 18.0. The van der Waals surface area contributed by atoms with E-state index in [1.165, 1.54) is 6.42 Å². The van der Waals surface area contributed by atoms with Gasteiger partial charge < -0.3 is 15.5 Å². The van der Waals surface area contributed by atoms with Crippen LogP contribution in [-0.2, 0) is 11.2 Å². The molecule has 2 aromatic carbocycles. The minimum absolute atomic E-state index is 0.138. The van der Waals surface area contributed by atoms with E-state index >= 15 is 0 Å². The molecule has 30 heavy (non-hydrogen) atoms. The van der Waals surface area contributed by atoms with Crippen LogP contribution in [0.4, 0.5) is 0 Å². The van der Waals surface area contributed by atoms with Crippen LogP contribution < -0.4 is 10.6 Å². The summed E-state index contributed by atoms with van der Waals surface area (Å²) in [4.78, 5) is 28.0. The van der Waals surface area contributed by atoms with Gasteiger partial charge in [-0.3, -0.25) is 9.59 Å². The van der Waals surface area contributed by atoms with Crippen LogP contribution in [0.15, 0.2) is 60.7 Å². The minimum atomic E-state index is -0.612. The number of piperidine rings is 1. The van der Waals surface area contributed by atoms with Gasteiger partial charge in [0.15, 0.2) is 0 Å². The lowest BCUT2D eigenvalue weighted by molar-refractivity contribution is -0.123. The molecule has 0 aliphatic carbocycles. The maximum atomic E-state index is 12.9. The van der Waals surface area contributed by atoms with Crippen LogP contribution in [0.25, 0.3) is 0 Å². The Bertz CT molecular complexity index is 800. The zero-order valence-corrected chi connectivity index (χ0v) is 18.0. The fraction of sp³-hybridized carbons (Fsp3) is 0.440. The predicted molar refractivity (Wildman–Crippen MR) is 120 cm³/mol. The standard InChI is InChI=1S/C25H33N3O2/c1-19-15-20(2)18-28(17-19)14-13-26-25(30)23(16-21-9-5-3-6-10-21)27-24(29)22-11-7-4-8-12-22/h3-12,19-20,23H,13-18H2,1-2H3,(H,26,30)(H,27,29). The van der Waals surface area contributed by atoms with Crippen molar-refractivity contribution in [2.45, 2.75) is 32.7 Å². The van der Waals surface area contributed by atoms with Gasteiger partial charge in [0.2, 0.25) is 5.91 Å². The van der Waals surface area contributed by atoms with Crippen molar-refractivity contribution in [1.82, 2.24) is 15.5 Å². The van der Waals surface area contributed by atoms with Gasteiger partial charge in [-0.2, -0.15) is 0 Å². The lowest BCUT2D eigenvalue weighted by Gasteiger charge is -2.35. The Labute approximate surface area is 179 Å². The van der Waals surface area contributed by atoms with Crippen molar-refractivity contribution >= 4 is 11.8 Å². The molecule has 5 heteroatoms. The first-order chi connectivity index (χ1) is 14.5. The van der Waals surface area contributed by atoms with Gasteiger partial charge in [-0.05, 0) is 36.0 Å². The van der Waals surface area contributed by atoms with Crippen LogP contribution in [0, 0.1) is 11.8 Å². The van der Waals surface area contributed by atoms with Crippen molar-refractivity contribution < 1.29 is 9.59 Å². The maximum Gasteiger partial charge on any atom is 0.251 e. The molecular formula is C25H33N3O2. The summed E-state index contributed by atoms with van der Waals surface area (Å²) in [5, 5.41) is 5.96. The fourth-order valence-electron chi connectivity index (χ4n) is 4.33. The van der Waals surface area contributed by atoms with Crippen molar-refractivity contribution in [3.8, 4) is 0 Å². The van der Waals surface area contributed by atoms with E-state index in [1.807, 2.05) is 48.5 Å². The summed E-state index contributed by atoms with van der Waals surface area (Å²) < 4.78 is 0. The highest BCUT2D eigenvalue weighted by atomic mass is 16.2. The Balaban J connectivity index is 1.59. The third-order valence-corrected chi connectivity index (χ3v) is 5.61. The highest BCUT2D eigenvalue weighted by molar-refractivity contribution is 5.97. The van der Waals surface area contributed by atoms with Crippen LogP contribution in [0.2, 0.25) is 0 Å². The Morgan fingerprint density at radius 3 is 2.20 bits per heavy atom. The molecule has 0 bridgehead atoms. The first-order valence-corrected chi connectivity index (χ1v) is 10.9. The highest BCUT2D eigenvalue weighted by Crippen LogP contribution is 2.20. The Morgan fingerprint density at radius 2 is 1.57 bits per heavy atom. The van der Waals surface area contributed by atoms with E-state index in [1.54, 1.807) is 12.1 Å². The molecule has 1 fully saturated rings. The minimum Gasteiger partial charge on any atom is -0.353 e. The van der Waals surface area contributed by atoms with Crippen molar-refractivity contribution in [3.05, 3.63) is 71.8 Å². The van der Waals surface area contributed by atoms with Crippen LogP contribution in [0.5, 0.6) is 0 Å². The molecule has 3 unspecified atom stereocenters. The average molecular weight is 408 g/mol. The molecule has 1 aliphatic heterocycles. The molecule has 1 aliphatic rings. The van der Waals surface area contributed by atoms with E-state index < -0.39 is 6.04 Å². The first kappa shape index (κ1) is 22.0. The number of rotatable bonds is 8. The average Bonchev–Trinajstić information content (AvgIpc) is 2.74. The molecule has 3 atom stereocenters. The number of nitrogens with zero attached hydrogens (tertiary/aromatic N) is 1. The largest absolute Gasteiger partial charge is 0.353 e. The summed E-state index contributed by atoms with van der Waals surface area (Å²) in [5.41, 5.74) is 1.57. The van der Waals surface area contributed by atoms with Gasteiger partial charge in [0, 0.05) is 38.2 Å². The van der Waals surface area contributed by atoms with Crippen LogP contribution in [0.1, 0.15) is 36.2 Å². The van der Waals surface area contributed by atoms with Crippen LogP contribution in [-0.4, -0.2) is 48.9 Å². The number of hydrogen-bond acceptors (Lipinski definition) is 3. The quantitative estimate of drug-likeness (QED) is 0.707. The molecule has 2 aromatic rings. The molecular weight excluding hydrogens is 374 g/mol. The lowest BCUT2D eigenvalue weighted by Crippen LogP contribution is -2.50. The van der Waals surface area contributed by atoms with Crippen molar-refractivity contribution in [2.24, 2.45) is 11.8 Å². The summed E-state index contributed by atoms with van der Waals surface area (Å²) in [7, 11) is 0. The smallest absolute Gasteiger partial charge is 0.251 e. The number of carbonyl (C=O) groups is 2. The third-order valence-electron chi connectivity index (χ3n) is 5.61. The van der Waals surface area contributed by atoms with Gasteiger partial charge in [0.1, 0.15) is 6.04 Å². The van der Waals surface area contributed by atoms with Crippen LogP contribution in [0.3, 0.4) is 0 Å². The number of hydrogen-bond donors (Lipinski definition) is 2. The van der Waals surface area contributed by atoms with Gasteiger partial charge in [-0.1, -0.05) is 62.4 Å². The van der Waals surface area contributed by atoms with Gasteiger partial charge >= 0.3 is 0 Å². The number of likely N-dealkylation sites (tertiary alicyclic amines) is 1. The highest BCUT2D eigenvalue weighted by Gasteiger charge is 2.24. The van der Waals surface area contributed by atoms with Crippen LogP contribution >= 0.6 is 0 Å². The van der Waals surface area contributed by atoms with E-state index in [9.17, 15) is 9.59 Å². The van der Waals surface area contributed by atoms with Gasteiger partial charge in [0.25, 0.3) is 5.91 Å². The Kier molecular flexibility index (Phi) is 8.03. The first-order valence-electron chi connectivity index (χ1n) is 10.9. The monoisotopic (exact) mass is 407 g/mol. The molecule has 0 aromatic heterocycles. The second-order valence-corrected chi connectivity index (χ2v) is 8.58. The number of nitrogens with one attached hydrogen (secondary N) is 2. The van der Waals surface area contributed by atoms with E-state index in [2.05, 4.69) is 29.4 Å². The molecule has 0 spiro atoms. The number of benzene rings is 2. The molecule has 0 radical (unpaired) electrons. The Morgan fingerprint density at radius 1 is 0.967 bits per heavy atom. The molecule has 2 N–H and O–H groups in total. The van der Waals surface area contributed by atoms with Crippen molar-refractivity contribution in [1.29, 1.82) is 0 Å². The van der Waals surface area contributed by atoms with E-state index in [0.29, 0.717) is 30.4 Å². The summed E-state index contributed by atoms with van der Waals surface area (Å²) in [6.07, 6.45) is 1.73. The molecule has 160 valence electrons. The topological polar surface area (TPSA) is 61.4 Å². The third kappa shape index (κ3) is 6.70. The lowest BCUT2D eigenvalue weighted by atomic mass is 9.92. The SMILES string of the molecule is CC1CC(C)CN(CCNC(=O)C(Cc2ccccc2)NC(=O)c2ccccc2)C1. The maximum absolute atomic E-state index is 12.9. The molecule has 5 nitrogen and oxygen atoms in total. The molecule has 3 rings (SSSR count). The number of carbonyl (C=O) groups excluding carboxylic acids is 2. The van der Waals surface area contributed by atoms with E-state index in [0.717, 1.165) is 25.2 Å². The van der Waals surface area contributed by atoms with Gasteiger partial charge in [0.05, 0.1) is 0 Å². The fourth-order valence-corrected chi connectivity index (χ4v) is 4.33. The van der Waals surface area contributed by atoms with Gasteiger partial charge in [-0.15, -0.1) is 0 Å². The predicted octanol–water partition coefficient (Wildman–Crippen LogP) is 3.12. The molecule has 2 amide bonds. The number of amides is 2.